The van der Waals surface area contributed by atoms with Crippen molar-refractivity contribution >= 4 is 17.6 Å². The van der Waals surface area contributed by atoms with Crippen molar-refractivity contribution in [2.24, 2.45) is 0 Å². The van der Waals surface area contributed by atoms with Crippen molar-refractivity contribution in [3.8, 4) is 0 Å². The molecule has 4 rings (SSSR count). The average Bonchev–Trinajstić information content (AvgIpc) is 3.14. The summed E-state index contributed by atoms with van der Waals surface area (Å²) in [4.78, 5) is 30.4. The number of hydrogen-bond acceptors (Lipinski definition) is 6. The largest absolute Gasteiger partial charge is 0.450 e. The molecule has 0 unspecified atom stereocenters. The van der Waals surface area contributed by atoms with Gasteiger partial charge < -0.3 is 20.3 Å². The van der Waals surface area contributed by atoms with Crippen molar-refractivity contribution < 1.29 is 14.3 Å². The van der Waals surface area contributed by atoms with Gasteiger partial charge in [0, 0.05) is 37.4 Å². The predicted molar refractivity (Wildman–Crippen MR) is 102 cm³/mol. The van der Waals surface area contributed by atoms with Gasteiger partial charge in [0.1, 0.15) is 5.69 Å². The zero-order valence-corrected chi connectivity index (χ0v) is 16.0. The molecule has 28 heavy (non-hydrogen) atoms. The summed E-state index contributed by atoms with van der Waals surface area (Å²) in [7, 11) is 0. The number of nitrogens with zero attached hydrogens (tertiary/aromatic N) is 4. The third-order valence-electron chi connectivity index (χ3n) is 5.57. The van der Waals surface area contributed by atoms with E-state index in [0.717, 1.165) is 25.7 Å². The van der Waals surface area contributed by atoms with Crippen molar-refractivity contribution in [2.75, 3.05) is 19.7 Å². The van der Waals surface area contributed by atoms with Crippen molar-refractivity contribution in [2.45, 2.75) is 50.7 Å². The van der Waals surface area contributed by atoms with Gasteiger partial charge in [-0.2, -0.15) is 5.10 Å². The van der Waals surface area contributed by atoms with Gasteiger partial charge >= 0.3 is 6.09 Å². The van der Waals surface area contributed by atoms with Gasteiger partial charge in [0.25, 0.3) is 5.91 Å². The Morgan fingerprint density at radius 3 is 2.71 bits per heavy atom. The third kappa shape index (κ3) is 3.80. The number of piperidine rings is 1. The fourth-order valence-electron chi connectivity index (χ4n) is 3.84. The summed E-state index contributed by atoms with van der Waals surface area (Å²) >= 11 is 0. The Morgan fingerprint density at radius 1 is 1.21 bits per heavy atom. The summed E-state index contributed by atoms with van der Waals surface area (Å²) in [5, 5.41) is 11.0. The van der Waals surface area contributed by atoms with Gasteiger partial charge in [-0.1, -0.05) is 0 Å². The Hall–Kier alpha value is -2.68. The van der Waals surface area contributed by atoms with E-state index in [0.29, 0.717) is 37.1 Å². The van der Waals surface area contributed by atoms with Crippen molar-refractivity contribution in [1.29, 1.82) is 0 Å². The van der Waals surface area contributed by atoms with Crippen LogP contribution >= 0.6 is 0 Å². The molecule has 2 N–H and O–H groups in total. The highest BCUT2D eigenvalue weighted by molar-refractivity contribution is 5.93. The lowest BCUT2D eigenvalue weighted by molar-refractivity contribution is 0.0835. The molecule has 2 amide bonds. The molecule has 1 aliphatic heterocycles. The number of nitrogens with one attached hydrogen (secondary N) is 2. The maximum absolute atomic E-state index is 12.6. The maximum atomic E-state index is 12.6. The minimum absolute atomic E-state index is 0.102. The van der Waals surface area contributed by atoms with Gasteiger partial charge in [0.05, 0.1) is 12.8 Å². The van der Waals surface area contributed by atoms with Crippen LogP contribution in [0.25, 0.3) is 5.65 Å². The Balaban J connectivity index is 1.28. The van der Waals surface area contributed by atoms with Gasteiger partial charge in [0.2, 0.25) is 0 Å². The van der Waals surface area contributed by atoms with E-state index in [9.17, 15) is 9.59 Å². The zero-order valence-electron chi connectivity index (χ0n) is 16.0. The molecule has 150 valence electrons. The molecule has 1 aliphatic carbocycles. The number of carbonyl (C=O) groups excluding carboxylic acids is 2. The predicted octanol–water partition coefficient (Wildman–Crippen LogP) is 1.20. The third-order valence-corrected chi connectivity index (χ3v) is 5.57. The van der Waals surface area contributed by atoms with Gasteiger partial charge in [0.15, 0.2) is 5.65 Å². The normalized spacial score (nSPS) is 22.7. The smallest absolute Gasteiger partial charge is 0.409 e. The van der Waals surface area contributed by atoms with E-state index in [1.807, 2.05) is 13.0 Å². The lowest BCUT2D eigenvalue weighted by Gasteiger charge is -2.42. The Bertz CT molecular complexity index is 845. The highest BCUT2D eigenvalue weighted by atomic mass is 16.6. The second-order valence-corrected chi connectivity index (χ2v) is 7.33. The number of ether oxygens (including phenoxy) is 1. The van der Waals surface area contributed by atoms with E-state index in [2.05, 4.69) is 20.7 Å². The fraction of sp³-hybridized carbons (Fsp3) is 0.579. The molecular weight excluding hydrogens is 360 g/mol. The number of aromatic nitrogens is 3. The maximum Gasteiger partial charge on any atom is 0.409 e. The van der Waals surface area contributed by atoms with Crippen LogP contribution in [0.3, 0.4) is 0 Å². The first kappa shape index (κ1) is 18.7. The topological polar surface area (TPSA) is 101 Å². The highest BCUT2D eigenvalue weighted by Crippen LogP contribution is 2.23. The Morgan fingerprint density at radius 2 is 2.00 bits per heavy atom. The van der Waals surface area contributed by atoms with E-state index in [-0.39, 0.29) is 24.1 Å². The highest BCUT2D eigenvalue weighted by Gasteiger charge is 2.35. The molecule has 0 bridgehead atoms. The molecule has 0 radical (unpaired) electrons. The second-order valence-electron chi connectivity index (χ2n) is 7.33. The minimum atomic E-state index is -0.226. The van der Waals surface area contributed by atoms with Gasteiger partial charge in [-0.3, -0.25) is 4.79 Å². The molecule has 2 aromatic heterocycles. The first-order chi connectivity index (χ1) is 13.7. The number of hydrogen-bond donors (Lipinski definition) is 2. The van der Waals surface area contributed by atoms with E-state index in [1.54, 1.807) is 27.9 Å². The summed E-state index contributed by atoms with van der Waals surface area (Å²) in [5.41, 5.74) is 1.10. The number of rotatable bonds is 5. The van der Waals surface area contributed by atoms with Crippen LogP contribution in [0.2, 0.25) is 0 Å². The summed E-state index contributed by atoms with van der Waals surface area (Å²) < 4.78 is 6.62. The number of imidazole rings is 1. The van der Waals surface area contributed by atoms with Crippen LogP contribution in [0, 0.1) is 0 Å². The molecule has 0 aromatic carbocycles. The Kier molecular flexibility index (Phi) is 5.43. The number of amides is 2. The van der Waals surface area contributed by atoms with Gasteiger partial charge in [-0.05, 0) is 44.7 Å². The Labute approximate surface area is 163 Å². The molecule has 0 spiro atoms. The first-order valence-corrected chi connectivity index (χ1v) is 9.93. The fourth-order valence-corrected chi connectivity index (χ4v) is 3.84. The lowest BCUT2D eigenvalue weighted by atomic mass is 9.85. The molecule has 1 saturated carbocycles. The van der Waals surface area contributed by atoms with Gasteiger partial charge in [-0.15, -0.1) is 0 Å². The van der Waals surface area contributed by atoms with Crippen molar-refractivity contribution in [3.63, 3.8) is 0 Å². The van der Waals surface area contributed by atoms with E-state index < -0.39 is 0 Å². The summed E-state index contributed by atoms with van der Waals surface area (Å²) in [6.45, 7) is 3.63. The van der Waals surface area contributed by atoms with Crippen molar-refractivity contribution in [3.05, 3.63) is 30.2 Å². The van der Waals surface area contributed by atoms with Crippen LogP contribution in [-0.2, 0) is 4.74 Å². The van der Waals surface area contributed by atoms with E-state index in [4.69, 9.17) is 4.74 Å². The monoisotopic (exact) mass is 386 g/mol. The molecule has 9 nitrogen and oxygen atoms in total. The van der Waals surface area contributed by atoms with Crippen LogP contribution < -0.4 is 10.6 Å². The molecule has 2 aliphatic rings. The summed E-state index contributed by atoms with van der Waals surface area (Å²) in [6, 6.07) is 4.33. The molecule has 9 heteroatoms. The summed E-state index contributed by atoms with van der Waals surface area (Å²) in [6.07, 6.45) is 6.76. The second kappa shape index (κ2) is 8.14. The lowest BCUT2D eigenvalue weighted by Crippen LogP contribution is -2.60. The number of likely N-dealkylation sites (tertiary alicyclic amines) is 1. The minimum Gasteiger partial charge on any atom is -0.450 e. The molecular formula is C19H26N6O3. The molecule has 2 fully saturated rings. The van der Waals surface area contributed by atoms with Crippen LogP contribution in [0.5, 0.6) is 0 Å². The summed E-state index contributed by atoms with van der Waals surface area (Å²) in [5.74, 6) is -0.153. The van der Waals surface area contributed by atoms with E-state index in [1.165, 1.54) is 0 Å². The quantitative estimate of drug-likeness (QED) is 0.801. The number of fused-ring (bicyclic) bond motifs is 1. The average molecular weight is 386 g/mol. The van der Waals surface area contributed by atoms with Crippen LogP contribution in [0.15, 0.2) is 24.5 Å². The first-order valence-electron chi connectivity index (χ1n) is 9.93. The van der Waals surface area contributed by atoms with Crippen LogP contribution in [0.1, 0.15) is 43.1 Å². The molecule has 2 aromatic rings. The van der Waals surface area contributed by atoms with Crippen molar-refractivity contribution in [1.82, 2.24) is 30.1 Å². The molecule has 3 heterocycles. The SMILES string of the molecule is CCOC(=O)N1CCC(N[C@@H]2CC[C@@H]2NC(=O)c2cnc3cccnn23)CC1. The number of carbonyl (C=O) groups is 2. The van der Waals surface area contributed by atoms with E-state index >= 15 is 0 Å². The van der Waals surface area contributed by atoms with Crippen LogP contribution in [0.4, 0.5) is 4.79 Å². The molecule has 1 saturated heterocycles. The standard InChI is InChI=1S/C19H26N6O3/c1-2-28-19(27)24-10-7-13(8-11-24)22-14-5-6-15(14)23-18(26)16-12-20-17-4-3-9-21-25(16)17/h3-4,9,12-15,22H,2,5-8,10-11H2,1H3,(H,23,26)/t14-,15+/m1/s1. The molecule has 2 atom stereocenters. The van der Waals surface area contributed by atoms with Crippen LogP contribution in [-0.4, -0.2) is 69.3 Å². The zero-order chi connectivity index (χ0) is 19.5. The van der Waals surface area contributed by atoms with Gasteiger partial charge in [-0.25, -0.2) is 14.3 Å².